The summed E-state index contributed by atoms with van der Waals surface area (Å²) < 4.78 is 5.78. The summed E-state index contributed by atoms with van der Waals surface area (Å²) in [6.45, 7) is 7.79. The third-order valence-electron chi connectivity index (χ3n) is 3.39. The Labute approximate surface area is 82.0 Å². The summed E-state index contributed by atoms with van der Waals surface area (Å²) in [7, 11) is 2.05. The summed E-state index contributed by atoms with van der Waals surface area (Å²) in [5.41, 5.74) is 0. The summed E-state index contributed by atoms with van der Waals surface area (Å²) in [4.78, 5) is 0. The monoisotopic (exact) mass is 185 g/mol. The average molecular weight is 185 g/mol. The van der Waals surface area contributed by atoms with Crippen LogP contribution >= 0.6 is 0 Å². The Morgan fingerprint density at radius 3 is 2.62 bits per heavy atom. The SMILES string of the molecule is CCC(C)C(NC)C1OCCC1C. The fourth-order valence-electron chi connectivity index (χ4n) is 2.20. The lowest BCUT2D eigenvalue weighted by atomic mass is 9.88. The largest absolute Gasteiger partial charge is 0.376 e. The summed E-state index contributed by atoms with van der Waals surface area (Å²) in [5, 5.41) is 3.40. The molecule has 1 aliphatic rings. The first-order valence-corrected chi connectivity index (χ1v) is 5.49. The molecule has 0 aliphatic carbocycles. The minimum Gasteiger partial charge on any atom is -0.376 e. The van der Waals surface area contributed by atoms with Crippen LogP contribution in [0.1, 0.15) is 33.6 Å². The highest BCUT2D eigenvalue weighted by Gasteiger charge is 2.33. The van der Waals surface area contributed by atoms with Gasteiger partial charge < -0.3 is 10.1 Å². The smallest absolute Gasteiger partial charge is 0.0756 e. The average Bonchev–Trinajstić information content (AvgIpc) is 2.53. The first-order valence-electron chi connectivity index (χ1n) is 5.49. The Morgan fingerprint density at radius 1 is 1.54 bits per heavy atom. The molecule has 1 N–H and O–H groups in total. The molecular weight excluding hydrogens is 162 g/mol. The van der Waals surface area contributed by atoms with Crippen LogP contribution in [-0.4, -0.2) is 25.8 Å². The minimum absolute atomic E-state index is 0.431. The van der Waals surface area contributed by atoms with Crippen LogP contribution in [-0.2, 0) is 4.74 Å². The molecule has 2 heteroatoms. The van der Waals surface area contributed by atoms with Crippen LogP contribution in [0.5, 0.6) is 0 Å². The maximum atomic E-state index is 5.78. The molecule has 4 atom stereocenters. The molecule has 0 aromatic heterocycles. The normalized spacial score (nSPS) is 33.2. The standard InChI is InChI=1S/C11H23NO/c1-5-8(2)10(12-4)11-9(3)6-7-13-11/h8-12H,5-7H2,1-4H3. The lowest BCUT2D eigenvalue weighted by Crippen LogP contribution is -2.44. The molecule has 1 rings (SSSR count). The highest BCUT2D eigenvalue weighted by Crippen LogP contribution is 2.26. The van der Waals surface area contributed by atoms with Gasteiger partial charge in [-0.25, -0.2) is 0 Å². The van der Waals surface area contributed by atoms with Gasteiger partial charge in [0.05, 0.1) is 6.10 Å². The van der Waals surface area contributed by atoms with E-state index < -0.39 is 0 Å². The second-order valence-corrected chi connectivity index (χ2v) is 4.30. The van der Waals surface area contributed by atoms with Crippen LogP contribution in [0.3, 0.4) is 0 Å². The van der Waals surface area contributed by atoms with E-state index in [0.29, 0.717) is 24.0 Å². The molecule has 0 aromatic carbocycles. The van der Waals surface area contributed by atoms with Crippen molar-refractivity contribution in [2.24, 2.45) is 11.8 Å². The van der Waals surface area contributed by atoms with Gasteiger partial charge in [-0.1, -0.05) is 27.2 Å². The van der Waals surface area contributed by atoms with E-state index in [0.717, 1.165) is 6.61 Å². The van der Waals surface area contributed by atoms with Crippen LogP contribution in [0, 0.1) is 11.8 Å². The van der Waals surface area contributed by atoms with E-state index in [-0.39, 0.29) is 0 Å². The van der Waals surface area contributed by atoms with Crippen molar-refractivity contribution in [3.8, 4) is 0 Å². The van der Waals surface area contributed by atoms with E-state index in [1.807, 2.05) is 7.05 Å². The van der Waals surface area contributed by atoms with Crippen molar-refractivity contribution < 1.29 is 4.74 Å². The Kier molecular flexibility index (Phi) is 4.20. The van der Waals surface area contributed by atoms with Crippen molar-refractivity contribution >= 4 is 0 Å². The quantitative estimate of drug-likeness (QED) is 0.723. The zero-order valence-corrected chi connectivity index (χ0v) is 9.34. The molecule has 78 valence electrons. The van der Waals surface area contributed by atoms with Crippen LogP contribution in [0.4, 0.5) is 0 Å². The van der Waals surface area contributed by atoms with E-state index in [4.69, 9.17) is 4.74 Å². The van der Waals surface area contributed by atoms with Crippen molar-refractivity contribution in [2.45, 2.75) is 45.8 Å². The number of ether oxygens (including phenoxy) is 1. The molecule has 0 amide bonds. The van der Waals surface area contributed by atoms with Gasteiger partial charge in [-0.2, -0.15) is 0 Å². The molecule has 0 spiro atoms. The van der Waals surface area contributed by atoms with Gasteiger partial charge in [-0.15, -0.1) is 0 Å². The molecule has 0 radical (unpaired) electrons. The highest BCUT2D eigenvalue weighted by molar-refractivity contribution is 4.86. The molecule has 0 bridgehead atoms. The molecule has 13 heavy (non-hydrogen) atoms. The Morgan fingerprint density at radius 2 is 2.23 bits per heavy atom. The van der Waals surface area contributed by atoms with Gasteiger partial charge in [0.2, 0.25) is 0 Å². The number of hydrogen-bond acceptors (Lipinski definition) is 2. The fourth-order valence-corrected chi connectivity index (χ4v) is 2.20. The minimum atomic E-state index is 0.431. The van der Waals surface area contributed by atoms with Crippen LogP contribution < -0.4 is 5.32 Å². The summed E-state index contributed by atoms with van der Waals surface area (Å²) in [6, 6.07) is 0.530. The van der Waals surface area contributed by atoms with Crippen molar-refractivity contribution in [1.29, 1.82) is 0 Å². The molecule has 1 heterocycles. The topological polar surface area (TPSA) is 21.3 Å². The maximum absolute atomic E-state index is 5.78. The van der Waals surface area contributed by atoms with Crippen LogP contribution in [0.15, 0.2) is 0 Å². The van der Waals surface area contributed by atoms with E-state index in [2.05, 4.69) is 26.1 Å². The summed E-state index contributed by atoms with van der Waals surface area (Å²) in [6.07, 6.45) is 2.87. The van der Waals surface area contributed by atoms with E-state index in [1.165, 1.54) is 12.8 Å². The number of rotatable bonds is 4. The molecule has 1 aliphatic heterocycles. The van der Waals surface area contributed by atoms with Gasteiger partial charge in [0, 0.05) is 12.6 Å². The molecule has 0 saturated carbocycles. The predicted molar refractivity (Wildman–Crippen MR) is 55.8 cm³/mol. The second-order valence-electron chi connectivity index (χ2n) is 4.30. The van der Waals surface area contributed by atoms with Crippen molar-refractivity contribution in [3.63, 3.8) is 0 Å². The van der Waals surface area contributed by atoms with Gasteiger partial charge >= 0.3 is 0 Å². The van der Waals surface area contributed by atoms with Crippen molar-refractivity contribution in [2.75, 3.05) is 13.7 Å². The number of hydrogen-bond donors (Lipinski definition) is 1. The zero-order chi connectivity index (χ0) is 9.84. The van der Waals surface area contributed by atoms with Gasteiger partial charge in [-0.05, 0) is 25.3 Å². The van der Waals surface area contributed by atoms with E-state index >= 15 is 0 Å². The summed E-state index contributed by atoms with van der Waals surface area (Å²) >= 11 is 0. The van der Waals surface area contributed by atoms with Gasteiger partial charge in [-0.3, -0.25) is 0 Å². The third-order valence-corrected chi connectivity index (χ3v) is 3.39. The van der Waals surface area contributed by atoms with Crippen LogP contribution in [0.2, 0.25) is 0 Å². The first kappa shape index (κ1) is 11.0. The number of likely N-dealkylation sites (N-methyl/N-ethyl adjacent to an activating group) is 1. The van der Waals surface area contributed by atoms with E-state index in [9.17, 15) is 0 Å². The van der Waals surface area contributed by atoms with Gasteiger partial charge in [0.25, 0.3) is 0 Å². The molecule has 2 nitrogen and oxygen atoms in total. The predicted octanol–water partition coefficient (Wildman–Crippen LogP) is 2.05. The van der Waals surface area contributed by atoms with E-state index in [1.54, 1.807) is 0 Å². The Balaban J connectivity index is 2.54. The Bertz CT molecular complexity index is 149. The fraction of sp³-hybridized carbons (Fsp3) is 1.00. The molecular formula is C11H23NO. The van der Waals surface area contributed by atoms with Crippen molar-refractivity contribution in [3.05, 3.63) is 0 Å². The van der Waals surface area contributed by atoms with Gasteiger partial charge in [0.15, 0.2) is 0 Å². The molecule has 0 aromatic rings. The highest BCUT2D eigenvalue weighted by atomic mass is 16.5. The van der Waals surface area contributed by atoms with Gasteiger partial charge in [0.1, 0.15) is 0 Å². The van der Waals surface area contributed by atoms with Crippen LogP contribution in [0.25, 0.3) is 0 Å². The summed E-state index contributed by atoms with van der Waals surface area (Å²) in [5.74, 6) is 1.42. The number of nitrogens with one attached hydrogen (secondary N) is 1. The maximum Gasteiger partial charge on any atom is 0.0756 e. The second kappa shape index (κ2) is 4.97. The lowest BCUT2D eigenvalue weighted by Gasteiger charge is -2.30. The first-order chi connectivity index (χ1) is 6.20. The molecule has 1 saturated heterocycles. The molecule has 1 fully saturated rings. The molecule has 4 unspecified atom stereocenters. The zero-order valence-electron chi connectivity index (χ0n) is 9.34. The van der Waals surface area contributed by atoms with Crippen molar-refractivity contribution in [1.82, 2.24) is 5.32 Å². The third kappa shape index (κ3) is 2.44. The lowest BCUT2D eigenvalue weighted by molar-refractivity contribution is 0.0455. The Hall–Kier alpha value is -0.0800.